The van der Waals surface area contributed by atoms with Crippen molar-refractivity contribution < 1.29 is 28.5 Å². The van der Waals surface area contributed by atoms with Gasteiger partial charge in [0.05, 0.1) is 0 Å². The van der Waals surface area contributed by atoms with Gasteiger partial charge >= 0.3 is 0 Å². The molecule has 2 aromatic rings. The second kappa shape index (κ2) is 17.0. The van der Waals surface area contributed by atoms with Gasteiger partial charge in [-0.05, 0) is 30.4 Å². The standard InChI is InChI=1S/C26H40N.HI/c1-2-3-4-5-6-7-8-9-10-12-18-26-20-23-27(24-21-26)22-15-19-25-16-13-11-14-17-25;/h11,13-14,16-17,20-21,23-24H,2-10,12,15,18-19,22H2,1H3;1H/q+1;/p-1. The number of aromatic nitrogens is 1. The van der Waals surface area contributed by atoms with Crippen LogP contribution in [0, 0.1) is 0 Å². The van der Waals surface area contributed by atoms with E-state index in [1.165, 1.54) is 88.2 Å². The normalized spacial score (nSPS) is 10.6. The summed E-state index contributed by atoms with van der Waals surface area (Å²) >= 11 is 0. The summed E-state index contributed by atoms with van der Waals surface area (Å²) in [4.78, 5) is 0. The van der Waals surface area contributed by atoms with Crippen molar-refractivity contribution in [1.29, 1.82) is 0 Å². The van der Waals surface area contributed by atoms with Crippen molar-refractivity contribution >= 4 is 0 Å². The molecule has 0 radical (unpaired) electrons. The highest BCUT2D eigenvalue weighted by Crippen LogP contribution is 2.12. The van der Waals surface area contributed by atoms with E-state index in [1.807, 2.05) is 0 Å². The molecular formula is C26H40IN. The van der Waals surface area contributed by atoms with E-state index < -0.39 is 0 Å². The van der Waals surface area contributed by atoms with Gasteiger partial charge in [-0.25, -0.2) is 4.57 Å². The molecule has 0 aliphatic heterocycles. The molecule has 156 valence electrons. The number of halogens is 1. The first kappa shape index (κ1) is 25.1. The number of nitrogens with zero attached hydrogens (tertiary/aromatic N) is 1. The third-order valence-corrected chi connectivity index (χ3v) is 5.50. The number of hydrogen-bond acceptors (Lipinski definition) is 0. The molecule has 0 atom stereocenters. The highest BCUT2D eigenvalue weighted by atomic mass is 127. The first-order chi connectivity index (χ1) is 13.4. The SMILES string of the molecule is CCCCCCCCCCCCc1cc[n+](CCCc2ccccc2)cc1.[I-]. The van der Waals surface area contributed by atoms with Gasteiger partial charge in [0.2, 0.25) is 0 Å². The number of rotatable bonds is 15. The van der Waals surface area contributed by atoms with Crippen LogP contribution < -0.4 is 28.5 Å². The molecule has 0 N–H and O–H groups in total. The van der Waals surface area contributed by atoms with E-state index in [9.17, 15) is 0 Å². The van der Waals surface area contributed by atoms with Crippen molar-refractivity contribution in [3.63, 3.8) is 0 Å². The van der Waals surface area contributed by atoms with E-state index in [2.05, 4.69) is 66.3 Å². The van der Waals surface area contributed by atoms with Gasteiger partial charge < -0.3 is 24.0 Å². The summed E-state index contributed by atoms with van der Waals surface area (Å²) in [6, 6.07) is 15.4. The van der Waals surface area contributed by atoms with Crippen molar-refractivity contribution in [3.8, 4) is 0 Å². The average molecular weight is 494 g/mol. The fourth-order valence-electron chi connectivity index (χ4n) is 3.73. The smallest absolute Gasteiger partial charge is 0.169 e. The summed E-state index contributed by atoms with van der Waals surface area (Å²) in [7, 11) is 0. The molecule has 1 heterocycles. The summed E-state index contributed by atoms with van der Waals surface area (Å²) in [6.07, 6.45) is 22.3. The van der Waals surface area contributed by atoms with Crippen LogP contribution in [0.25, 0.3) is 0 Å². The Morgan fingerprint density at radius 3 is 1.68 bits per heavy atom. The Kier molecular flexibility index (Phi) is 15.3. The number of benzene rings is 1. The van der Waals surface area contributed by atoms with Crippen LogP contribution in [0.3, 0.4) is 0 Å². The van der Waals surface area contributed by atoms with Gasteiger partial charge in [-0.3, -0.25) is 0 Å². The van der Waals surface area contributed by atoms with E-state index in [1.54, 1.807) is 0 Å². The van der Waals surface area contributed by atoms with Crippen molar-refractivity contribution in [3.05, 3.63) is 66.0 Å². The lowest BCUT2D eigenvalue weighted by Crippen LogP contribution is -3.00. The number of hydrogen-bond donors (Lipinski definition) is 0. The Hall–Kier alpha value is -0.900. The Morgan fingerprint density at radius 2 is 1.07 bits per heavy atom. The zero-order chi connectivity index (χ0) is 19.0. The van der Waals surface area contributed by atoms with E-state index >= 15 is 0 Å². The predicted molar refractivity (Wildman–Crippen MR) is 117 cm³/mol. The number of pyridine rings is 1. The lowest BCUT2D eigenvalue weighted by Gasteiger charge is -2.03. The quantitative estimate of drug-likeness (QED) is 0.200. The molecule has 0 bridgehead atoms. The minimum Gasteiger partial charge on any atom is -1.00 e. The van der Waals surface area contributed by atoms with Crippen LogP contribution >= 0.6 is 0 Å². The molecule has 0 aliphatic rings. The molecule has 28 heavy (non-hydrogen) atoms. The first-order valence-corrected chi connectivity index (χ1v) is 11.4. The maximum atomic E-state index is 2.32. The van der Waals surface area contributed by atoms with Crippen LogP contribution in [0.5, 0.6) is 0 Å². The average Bonchev–Trinajstić information content (AvgIpc) is 2.71. The van der Waals surface area contributed by atoms with Crippen LogP contribution in [0.4, 0.5) is 0 Å². The molecule has 1 aromatic heterocycles. The Labute approximate surface area is 191 Å². The summed E-state index contributed by atoms with van der Waals surface area (Å²) < 4.78 is 2.32. The molecular weight excluding hydrogens is 453 g/mol. The molecule has 0 fully saturated rings. The van der Waals surface area contributed by atoms with E-state index in [0.29, 0.717) is 0 Å². The molecule has 0 saturated heterocycles. The Bertz CT molecular complexity index is 579. The van der Waals surface area contributed by atoms with E-state index in [4.69, 9.17) is 0 Å². The van der Waals surface area contributed by atoms with E-state index in [-0.39, 0.29) is 24.0 Å². The highest BCUT2D eigenvalue weighted by Gasteiger charge is 2.02. The van der Waals surface area contributed by atoms with Gasteiger partial charge in [0.15, 0.2) is 12.4 Å². The zero-order valence-corrected chi connectivity index (χ0v) is 20.1. The van der Waals surface area contributed by atoms with Crippen LogP contribution in [-0.4, -0.2) is 0 Å². The van der Waals surface area contributed by atoms with Gasteiger partial charge in [-0.1, -0.05) is 95.0 Å². The lowest BCUT2D eigenvalue weighted by atomic mass is 10.0. The predicted octanol–water partition coefficient (Wildman–Crippen LogP) is 4.07. The minimum atomic E-state index is 0. The summed E-state index contributed by atoms with van der Waals surface area (Å²) in [5.74, 6) is 0. The molecule has 0 aliphatic carbocycles. The van der Waals surface area contributed by atoms with Gasteiger partial charge in [-0.15, -0.1) is 0 Å². The molecule has 0 unspecified atom stereocenters. The van der Waals surface area contributed by atoms with Crippen LogP contribution in [0.15, 0.2) is 54.9 Å². The largest absolute Gasteiger partial charge is 1.00 e. The molecule has 2 heteroatoms. The van der Waals surface area contributed by atoms with Crippen molar-refractivity contribution in [2.24, 2.45) is 0 Å². The number of aryl methyl sites for hydroxylation is 3. The molecule has 0 amide bonds. The maximum absolute atomic E-state index is 2.32. The van der Waals surface area contributed by atoms with Gasteiger partial charge in [-0.2, -0.15) is 0 Å². The van der Waals surface area contributed by atoms with E-state index in [0.717, 1.165) is 13.0 Å². The third-order valence-electron chi connectivity index (χ3n) is 5.50. The molecule has 0 spiro atoms. The fraction of sp³-hybridized carbons (Fsp3) is 0.577. The Morgan fingerprint density at radius 1 is 0.571 bits per heavy atom. The van der Waals surface area contributed by atoms with Crippen LogP contribution in [0.1, 0.15) is 88.7 Å². The highest BCUT2D eigenvalue weighted by molar-refractivity contribution is 5.14. The minimum absolute atomic E-state index is 0. The fourth-order valence-corrected chi connectivity index (χ4v) is 3.73. The molecule has 1 aromatic carbocycles. The maximum Gasteiger partial charge on any atom is 0.169 e. The van der Waals surface area contributed by atoms with Crippen LogP contribution in [0.2, 0.25) is 0 Å². The molecule has 0 saturated carbocycles. The topological polar surface area (TPSA) is 3.88 Å². The molecule has 2 rings (SSSR count). The summed E-state index contributed by atoms with van der Waals surface area (Å²) in [6.45, 7) is 3.39. The summed E-state index contributed by atoms with van der Waals surface area (Å²) in [5, 5.41) is 0. The first-order valence-electron chi connectivity index (χ1n) is 11.4. The lowest BCUT2D eigenvalue weighted by molar-refractivity contribution is -0.697. The monoisotopic (exact) mass is 493 g/mol. The third kappa shape index (κ3) is 11.8. The van der Waals surface area contributed by atoms with Gasteiger partial charge in [0, 0.05) is 18.6 Å². The van der Waals surface area contributed by atoms with Gasteiger partial charge in [0.25, 0.3) is 0 Å². The molecule has 1 nitrogen and oxygen atoms in total. The Balaban J connectivity index is 0.00000392. The van der Waals surface area contributed by atoms with Gasteiger partial charge in [0.1, 0.15) is 6.54 Å². The van der Waals surface area contributed by atoms with Crippen LogP contribution in [-0.2, 0) is 19.4 Å². The second-order valence-corrected chi connectivity index (χ2v) is 7.97. The van der Waals surface area contributed by atoms with Crippen molar-refractivity contribution in [1.82, 2.24) is 0 Å². The van der Waals surface area contributed by atoms with Crippen molar-refractivity contribution in [2.45, 2.75) is 96.9 Å². The zero-order valence-electron chi connectivity index (χ0n) is 17.9. The second-order valence-electron chi connectivity index (χ2n) is 7.97. The summed E-state index contributed by atoms with van der Waals surface area (Å²) in [5.41, 5.74) is 2.93. The number of unbranched alkanes of at least 4 members (excludes halogenated alkanes) is 9. The van der Waals surface area contributed by atoms with Crippen molar-refractivity contribution in [2.75, 3.05) is 0 Å².